The summed E-state index contributed by atoms with van der Waals surface area (Å²) in [7, 11) is 0. The Balaban J connectivity index is 2.04. The zero-order chi connectivity index (χ0) is 13.0. The topological polar surface area (TPSA) is 32.3 Å². The SMILES string of the molecule is CCC(NC1CCCCC1O)c1cccc(Br)c1. The highest BCUT2D eigenvalue weighted by molar-refractivity contribution is 9.10. The van der Waals surface area contributed by atoms with Gasteiger partial charge in [-0.3, -0.25) is 0 Å². The van der Waals surface area contributed by atoms with Gasteiger partial charge in [0.2, 0.25) is 0 Å². The van der Waals surface area contributed by atoms with Gasteiger partial charge >= 0.3 is 0 Å². The Morgan fingerprint density at radius 1 is 1.39 bits per heavy atom. The van der Waals surface area contributed by atoms with Crippen molar-refractivity contribution in [1.82, 2.24) is 5.32 Å². The molecule has 0 radical (unpaired) electrons. The number of halogens is 1. The Morgan fingerprint density at radius 3 is 2.83 bits per heavy atom. The molecular weight excluding hydrogens is 290 g/mol. The first-order valence-electron chi connectivity index (χ1n) is 6.90. The average molecular weight is 312 g/mol. The Hall–Kier alpha value is -0.380. The molecule has 0 heterocycles. The van der Waals surface area contributed by atoms with Crippen LogP contribution in [0.15, 0.2) is 28.7 Å². The average Bonchev–Trinajstić information content (AvgIpc) is 2.38. The predicted molar refractivity (Wildman–Crippen MR) is 78.6 cm³/mol. The van der Waals surface area contributed by atoms with Crippen molar-refractivity contribution >= 4 is 15.9 Å². The van der Waals surface area contributed by atoms with Gasteiger partial charge in [-0.2, -0.15) is 0 Å². The summed E-state index contributed by atoms with van der Waals surface area (Å²) in [6.07, 6.45) is 5.27. The van der Waals surface area contributed by atoms with Crippen LogP contribution in [0.3, 0.4) is 0 Å². The monoisotopic (exact) mass is 311 g/mol. The van der Waals surface area contributed by atoms with E-state index in [1.807, 2.05) is 6.07 Å². The second kappa shape index (κ2) is 6.69. The van der Waals surface area contributed by atoms with Crippen LogP contribution in [0, 0.1) is 0 Å². The molecule has 1 saturated carbocycles. The van der Waals surface area contributed by atoms with E-state index in [1.165, 1.54) is 12.0 Å². The summed E-state index contributed by atoms with van der Waals surface area (Å²) >= 11 is 3.52. The molecule has 3 unspecified atom stereocenters. The summed E-state index contributed by atoms with van der Waals surface area (Å²) < 4.78 is 1.12. The van der Waals surface area contributed by atoms with Crippen molar-refractivity contribution in [3.05, 3.63) is 34.3 Å². The summed E-state index contributed by atoms with van der Waals surface area (Å²) in [5.74, 6) is 0. The molecular formula is C15H22BrNO. The molecule has 0 bridgehead atoms. The second-order valence-electron chi connectivity index (χ2n) is 5.14. The minimum absolute atomic E-state index is 0.181. The van der Waals surface area contributed by atoms with Crippen LogP contribution in [-0.4, -0.2) is 17.3 Å². The molecule has 2 N–H and O–H groups in total. The number of hydrogen-bond acceptors (Lipinski definition) is 2. The van der Waals surface area contributed by atoms with E-state index in [9.17, 15) is 5.11 Å². The van der Waals surface area contributed by atoms with E-state index < -0.39 is 0 Å². The molecule has 0 spiro atoms. The first-order chi connectivity index (χ1) is 8.70. The molecule has 0 aromatic heterocycles. The fourth-order valence-corrected chi connectivity index (χ4v) is 3.15. The quantitative estimate of drug-likeness (QED) is 0.886. The summed E-state index contributed by atoms with van der Waals surface area (Å²) in [5.41, 5.74) is 1.30. The molecule has 1 fully saturated rings. The highest BCUT2D eigenvalue weighted by Gasteiger charge is 2.25. The zero-order valence-electron chi connectivity index (χ0n) is 10.9. The van der Waals surface area contributed by atoms with Gasteiger partial charge in [-0.25, -0.2) is 0 Å². The molecule has 3 heteroatoms. The van der Waals surface area contributed by atoms with E-state index in [4.69, 9.17) is 0 Å². The van der Waals surface area contributed by atoms with Gasteiger partial charge in [0, 0.05) is 16.6 Å². The lowest BCUT2D eigenvalue weighted by Crippen LogP contribution is -2.43. The maximum atomic E-state index is 10.0. The first-order valence-corrected chi connectivity index (χ1v) is 7.69. The molecule has 1 aromatic carbocycles. The first kappa shape index (κ1) is 14.0. The lowest BCUT2D eigenvalue weighted by atomic mass is 9.91. The maximum absolute atomic E-state index is 10.0. The third-order valence-electron chi connectivity index (χ3n) is 3.80. The van der Waals surface area contributed by atoms with Gasteiger partial charge in [-0.1, -0.05) is 47.8 Å². The van der Waals surface area contributed by atoms with Gasteiger partial charge in [0.1, 0.15) is 0 Å². The van der Waals surface area contributed by atoms with Gasteiger partial charge in [-0.05, 0) is 37.0 Å². The van der Waals surface area contributed by atoms with Crippen LogP contribution in [0.5, 0.6) is 0 Å². The third-order valence-corrected chi connectivity index (χ3v) is 4.30. The molecule has 0 saturated heterocycles. The lowest BCUT2D eigenvalue weighted by molar-refractivity contribution is 0.0844. The van der Waals surface area contributed by atoms with Crippen LogP contribution in [0.4, 0.5) is 0 Å². The lowest BCUT2D eigenvalue weighted by Gasteiger charge is -2.32. The molecule has 100 valence electrons. The molecule has 0 aliphatic heterocycles. The highest BCUT2D eigenvalue weighted by Crippen LogP contribution is 2.25. The smallest absolute Gasteiger partial charge is 0.0693 e. The second-order valence-corrected chi connectivity index (χ2v) is 6.06. The van der Waals surface area contributed by atoms with Gasteiger partial charge in [0.05, 0.1) is 6.10 Å². The molecule has 1 aliphatic carbocycles. The summed E-state index contributed by atoms with van der Waals surface area (Å²) in [6, 6.07) is 9.02. The number of nitrogens with one attached hydrogen (secondary N) is 1. The Labute approximate surface area is 118 Å². The van der Waals surface area contributed by atoms with Crippen LogP contribution in [0.1, 0.15) is 50.6 Å². The summed E-state index contributed by atoms with van der Waals surface area (Å²) in [6.45, 7) is 2.19. The van der Waals surface area contributed by atoms with Crippen LogP contribution < -0.4 is 5.32 Å². The number of rotatable bonds is 4. The Bertz CT molecular complexity index is 383. The number of benzene rings is 1. The van der Waals surface area contributed by atoms with E-state index in [0.29, 0.717) is 6.04 Å². The van der Waals surface area contributed by atoms with Gasteiger partial charge in [0.25, 0.3) is 0 Å². The highest BCUT2D eigenvalue weighted by atomic mass is 79.9. The van der Waals surface area contributed by atoms with Crippen molar-refractivity contribution in [2.75, 3.05) is 0 Å². The van der Waals surface area contributed by atoms with Gasteiger partial charge < -0.3 is 10.4 Å². The van der Waals surface area contributed by atoms with Crippen LogP contribution in [0.2, 0.25) is 0 Å². The molecule has 1 aromatic rings. The van der Waals surface area contributed by atoms with Crippen LogP contribution in [-0.2, 0) is 0 Å². The van der Waals surface area contributed by atoms with E-state index >= 15 is 0 Å². The molecule has 18 heavy (non-hydrogen) atoms. The summed E-state index contributed by atoms with van der Waals surface area (Å²) in [5, 5.41) is 13.7. The fraction of sp³-hybridized carbons (Fsp3) is 0.600. The summed E-state index contributed by atoms with van der Waals surface area (Å²) in [4.78, 5) is 0. The third kappa shape index (κ3) is 3.56. The molecule has 2 nitrogen and oxygen atoms in total. The van der Waals surface area contributed by atoms with Crippen molar-refractivity contribution in [2.24, 2.45) is 0 Å². The fourth-order valence-electron chi connectivity index (χ4n) is 2.74. The van der Waals surface area contributed by atoms with Crippen molar-refractivity contribution in [2.45, 2.75) is 57.2 Å². The minimum atomic E-state index is -0.181. The number of aliphatic hydroxyl groups is 1. The normalized spacial score (nSPS) is 25.9. The molecule has 2 rings (SSSR count). The molecule has 1 aliphatic rings. The largest absolute Gasteiger partial charge is 0.392 e. The van der Waals surface area contributed by atoms with E-state index in [1.54, 1.807) is 0 Å². The molecule has 0 amide bonds. The van der Waals surface area contributed by atoms with Crippen LogP contribution in [0.25, 0.3) is 0 Å². The maximum Gasteiger partial charge on any atom is 0.0693 e. The van der Waals surface area contributed by atoms with Crippen molar-refractivity contribution in [3.63, 3.8) is 0 Å². The minimum Gasteiger partial charge on any atom is -0.392 e. The standard InChI is InChI=1S/C15H22BrNO/c1-2-13(11-6-5-7-12(16)10-11)17-14-8-3-4-9-15(14)18/h5-7,10,13-15,17-18H,2-4,8-9H2,1H3. The zero-order valence-corrected chi connectivity index (χ0v) is 12.5. The van der Waals surface area contributed by atoms with Crippen molar-refractivity contribution < 1.29 is 5.11 Å². The number of aliphatic hydroxyl groups excluding tert-OH is 1. The Morgan fingerprint density at radius 2 is 2.17 bits per heavy atom. The van der Waals surface area contributed by atoms with Crippen LogP contribution >= 0.6 is 15.9 Å². The van der Waals surface area contributed by atoms with Crippen molar-refractivity contribution in [3.8, 4) is 0 Å². The van der Waals surface area contributed by atoms with E-state index in [2.05, 4.69) is 46.4 Å². The van der Waals surface area contributed by atoms with Gasteiger partial charge in [0.15, 0.2) is 0 Å². The van der Waals surface area contributed by atoms with E-state index in [0.717, 1.165) is 30.2 Å². The van der Waals surface area contributed by atoms with E-state index in [-0.39, 0.29) is 12.1 Å². The molecule has 3 atom stereocenters. The van der Waals surface area contributed by atoms with Gasteiger partial charge in [-0.15, -0.1) is 0 Å². The van der Waals surface area contributed by atoms with Crippen molar-refractivity contribution in [1.29, 1.82) is 0 Å². The Kier molecular flexibility index (Phi) is 5.22. The number of hydrogen-bond donors (Lipinski definition) is 2. The predicted octanol–water partition coefficient (Wildman–Crippen LogP) is 3.79.